The SMILES string of the molecule is CC(C)(C)OC(=O)OC(C1CC2C=CC1C2)C(F)(F)F. The van der Waals surface area contributed by atoms with E-state index in [1.807, 2.05) is 6.08 Å². The largest absolute Gasteiger partial charge is 0.509 e. The highest BCUT2D eigenvalue weighted by Crippen LogP contribution is 2.48. The monoisotopic (exact) mass is 292 g/mol. The van der Waals surface area contributed by atoms with Crippen molar-refractivity contribution in [2.45, 2.75) is 51.5 Å². The third-order valence-corrected chi connectivity index (χ3v) is 3.65. The van der Waals surface area contributed by atoms with E-state index in [1.165, 1.54) is 0 Å². The van der Waals surface area contributed by atoms with Crippen LogP contribution >= 0.6 is 0 Å². The predicted molar refractivity (Wildman–Crippen MR) is 66.0 cm³/mol. The fraction of sp³-hybridized carbons (Fsp3) is 0.786. The number of halogens is 3. The minimum absolute atomic E-state index is 0.158. The average molecular weight is 292 g/mol. The van der Waals surface area contributed by atoms with Crippen molar-refractivity contribution < 1.29 is 27.4 Å². The first-order valence-electron chi connectivity index (χ1n) is 6.71. The van der Waals surface area contributed by atoms with Gasteiger partial charge in [0.1, 0.15) is 5.60 Å². The van der Waals surface area contributed by atoms with Crippen molar-refractivity contribution >= 4 is 6.16 Å². The summed E-state index contributed by atoms with van der Waals surface area (Å²) in [5.74, 6) is -0.677. The van der Waals surface area contributed by atoms with Crippen molar-refractivity contribution in [3.8, 4) is 0 Å². The van der Waals surface area contributed by atoms with Gasteiger partial charge < -0.3 is 9.47 Å². The Hall–Kier alpha value is -1.20. The summed E-state index contributed by atoms with van der Waals surface area (Å²) in [6, 6.07) is 0. The molecule has 0 amide bonds. The molecule has 1 saturated carbocycles. The molecule has 0 aromatic heterocycles. The first-order valence-corrected chi connectivity index (χ1v) is 6.71. The molecule has 0 saturated heterocycles. The summed E-state index contributed by atoms with van der Waals surface area (Å²) in [7, 11) is 0. The van der Waals surface area contributed by atoms with Crippen LogP contribution in [0, 0.1) is 17.8 Å². The number of ether oxygens (including phenoxy) is 2. The zero-order valence-corrected chi connectivity index (χ0v) is 11.7. The van der Waals surface area contributed by atoms with Gasteiger partial charge in [0.25, 0.3) is 0 Å². The fourth-order valence-corrected chi connectivity index (χ4v) is 2.95. The van der Waals surface area contributed by atoms with Crippen LogP contribution < -0.4 is 0 Å². The van der Waals surface area contributed by atoms with Gasteiger partial charge in [0.15, 0.2) is 0 Å². The molecule has 2 bridgehead atoms. The molecular formula is C14H19F3O3. The van der Waals surface area contributed by atoms with Gasteiger partial charge >= 0.3 is 12.3 Å². The van der Waals surface area contributed by atoms with E-state index in [0.717, 1.165) is 6.42 Å². The summed E-state index contributed by atoms with van der Waals surface area (Å²) >= 11 is 0. The Bertz CT molecular complexity index is 409. The maximum absolute atomic E-state index is 13.1. The molecule has 0 radical (unpaired) electrons. The van der Waals surface area contributed by atoms with Crippen LogP contribution in [0.2, 0.25) is 0 Å². The van der Waals surface area contributed by atoms with Crippen molar-refractivity contribution in [1.82, 2.24) is 0 Å². The van der Waals surface area contributed by atoms with Gasteiger partial charge in [-0.3, -0.25) is 0 Å². The van der Waals surface area contributed by atoms with Gasteiger partial charge in [-0.05, 0) is 45.4 Å². The molecule has 1 fully saturated rings. The molecule has 0 aliphatic heterocycles. The summed E-state index contributed by atoms with van der Waals surface area (Å²) in [5.41, 5.74) is -0.873. The summed E-state index contributed by atoms with van der Waals surface area (Å²) in [5, 5.41) is 0. The Morgan fingerprint density at radius 2 is 1.85 bits per heavy atom. The smallest absolute Gasteiger partial charge is 0.429 e. The molecule has 6 heteroatoms. The maximum atomic E-state index is 13.1. The van der Waals surface area contributed by atoms with Crippen LogP contribution in [0.3, 0.4) is 0 Å². The van der Waals surface area contributed by atoms with Gasteiger partial charge in [-0.1, -0.05) is 12.2 Å². The topological polar surface area (TPSA) is 35.5 Å². The number of alkyl halides is 3. The van der Waals surface area contributed by atoms with Crippen molar-refractivity contribution in [2.24, 2.45) is 17.8 Å². The van der Waals surface area contributed by atoms with Gasteiger partial charge in [-0.2, -0.15) is 13.2 Å². The summed E-state index contributed by atoms with van der Waals surface area (Å²) in [6.07, 6.45) is -3.04. The van der Waals surface area contributed by atoms with Gasteiger partial charge in [0.05, 0.1) is 0 Å². The Balaban J connectivity index is 2.06. The van der Waals surface area contributed by atoms with E-state index >= 15 is 0 Å². The molecule has 2 aliphatic carbocycles. The van der Waals surface area contributed by atoms with Crippen molar-refractivity contribution in [1.29, 1.82) is 0 Å². The normalized spacial score (nSPS) is 30.4. The first-order chi connectivity index (χ1) is 9.06. The van der Waals surface area contributed by atoms with Crippen molar-refractivity contribution in [3.63, 3.8) is 0 Å². The molecule has 2 aliphatic rings. The average Bonchev–Trinajstić information content (AvgIpc) is 2.82. The highest BCUT2D eigenvalue weighted by molar-refractivity contribution is 5.60. The van der Waals surface area contributed by atoms with Crippen molar-refractivity contribution in [2.75, 3.05) is 0 Å². The lowest BCUT2D eigenvalue weighted by atomic mass is 9.88. The van der Waals surface area contributed by atoms with Crippen LogP contribution in [-0.2, 0) is 9.47 Å². The van der Waals surface area contributed by atoms with Crippen LogP contribution in [-0.4, -0.2) is 24.0 Å². The molecule has 4 atom stereocenters. The quantitative estimate of drug-likeness (QED) is 0.568. The Morgan fingerprint density at radius 3 is 2.25 bits per heavy atom. The van der Waals surface area contributed by atoms with E-state index in [4.69, 9.17) is 4.74 Å². The van der Waals surface area contributed by atoms with Gasteiger partial charge in [-0.15, -0.1) is 0 Å². The van der Waals surface area contributed by atoms with Gasteiger partial charge in [-0.25, -0.2) is 4.79 Å². The first kappa shape index (κ1) is 15.2. The number of hydrogen-bond acceptors (Lipinski definition) is 3. The van der Waals surface area contributed by atoms with E-state index in [-0.39, 0.29) is 11.8 Å². The zero-order chi connectivity index (χ0) is 15.1. The predicted octanol–water partition coefficient (Wildman–Crippen LogP) is 4.08. The third kappa shape index (κ3) is 3.46. The lowest BCUT2D eigenvalue weighted by molar-refractivity contribution is -0.228. The molecule has 3 nitrogen and oxygen atoms in total. The van der Waals surface area contributed by atoms with Gasteiger partial charge in [0.2, 0.25) is 6.10 Å². The van der Waals surface area contributed by atoms with Crippen molar-refractivity contribution in [3.05, 3.63) is 12.2 Å². The standard InChI is InChI=1S/C14H19F3O3/c1-13(2,3)20-12(18)19-11(14(15,16)17)10-7-8-4-5-9(10)6-8/h4-5,8-11H,6-7H2,1-3H3. The van der Waals surface area contributed by atoms with Crippen LogP contribution in [0.15, 0.2) is 12.2 Å². The minimum atomic E-state index is -4.57. The number of rotatable bonds is 2. The van der Waals surface area contributed by atoms with Crippen LogP contribution in [0.5, 0.6) is 0 Å². The second kappa shape index (κ2) is 4.97. The van der Waals surface area contributed by atoms with E-state index in [2.05, 4.69) is 4.74 Å². The summed E-state index contributed by atoms with van der Waals surface area (Å²) < 4.78 is 48.8. The molecular weight excluding hydrogens is 273 g/mol. The lowest BCUT2D eigenvalue weighted by Gasteiger charge is -2.30. The maximum Gasteiger partial charge on any atom is 0.509 e. The molecule has 20 heavy (non-hydrogen) atoms. The third-order valence-electron chi connectivity index (χ3n) is 3.65. The fourth-order valence-electron chi connectivity index (χ4n) is 2.95. The molecule has 2 rings (SSSR count). The molecule has 0 N–H and O–H groups in total. The molecule has 114 valence electrons. The number of carbonyl (C=O) groups excluding carboxylic acids is 1. The summed E-state index contributed by atoms with van der Waals surface area (Å²) in [4.78, 5) is 11.5. The number of fused-ring (bicyclic) bond motifs is 2. The second-order valence-electron chi connectivity index (χ2n) is 6.49. The second-order valence-corrected chi connectivity index (χ2v) is 6.49. The Labute approximate surface area is 116 Å². The minimum Gasteiger partial charge on any atom is -0.429 e. The number of allylic oxidation sites excluding steroid dienone is 2. The Morgan fingerprint density at radius 1 is 1.20 bits per heavy atom. The van der Waals surface area contributed by atoms with E-state index in [0.29, 0.717) is 6.42 Å². The number of carbonyl (C=O) groups is 1. The zero-order valence-electron chi connectivity index (χ0n) is 11.7. The highest BCUT2D eigenvalue weighted by Gasteiger charge is 2.54. The highest BCUT2D eigenvalue weighted by atomic mass is 19.4. The molecule has 0 spiro atoms. The van der Waals surface area contributed by atoms with Gasteiger partial charge in [0, 0.05) is 5.92 Å². The van der Waals surface area contributed by atoms with Crippen LogP contribution in [0.25, 0.3) is 0 Å². The molecule has 4 unspecified atom stereocenters. The number of hydrogen-bond donors (Lipinski definition) is 0. The summed E-state index contributed by atoms with van der Waals surface area (Å²) in [6.45, 7) is 4.74. The Kier molecular flexibility index (Phi) is 3.77. The lowest BCUT2D eigenvalue weighted by Crippen LogP contribution is -2.42. The molecule has 0 aromatic carbocycles. The van der Waals surface area contributed by atoms with E-state index in [9.17, 15) is 18.0 Å². The van der Waals surface area contributed by atoms with Crippen LogP contribution in [0.1, 0.15) is 33.6 Å². The molecule has 0 aromatic rings. The van der Waals surface area contributed by atoms with E-state index in [1.54, 1.807) is 26.8 Å². The molecule has 0 heterocycles. The van der Waals surface area contributed by atoms with E-state index < -0.39 is 30.0 Å². The van der Waals surface area contributed by atoms with Crippen LogP contribution in [0.4, 0.5) is 18.0 Å².